The molecule has 0 radical (unpaired) electrons. The molecule has 2 saturated heterocycles. The van der Waals surface area contributed by atoms with Gasteiger partial charge in [0.1, 0.15) is 12.4 Å². The number of nitrogens with zero attached hydrogens (tertiary/aromatic N) is 3. The van der Waals surface area contributed by atoms with Crippen molar-refractivity contribution in [1.82, 2.24) is 14.7 Å². The number of benzene rings is 1. The maximum Gasteiger partial charge on any atom is 0.119 e. The molecule has 2 fully saturated rings. The van der Waals surface area contributed by atoms with Crippen molar-refractivity contribution < 1.29 is 9.47 Å². The molecule has 5 nitrogen and oxygen atoms in total. The summed E-state index contributed by atoms with van der Waals surface area (Å²) in [5.41, 5.74) is 1.37. The Morgan fingerprint density at radius 3 is 2.56 bits per heavy atom. The summed E-state index contributed by atoms with van der Waals surface area (Å²) in [6.45, 7) is 8.88. The molecule has 0 N–H and O–H groups in total. The van der Waals surface area contributed by atoms with Gasteiger partial charge >= 0.3 is 0 Å². The van der Waals surface area contributed by atoms with Crippen LogP contribution in [0.3, 0.4) is 0 Å². The molecule has 5 heteroatoms. The highest BCUT2D eigenvalue weighted by atomic mass is 16.5. The van der Waals surface area contributed by atoms with Gasteiger partial charge in [0.2, 0.25) is 0 Å². The molecule has 0 saturated carbocycles. The van der Waals surface area contributed by atoms with E-state index in [1.54, 1.807) is 0 Å². The number of rotatable bonds is 7. The minimum atomic E-state index is 0.691. The predicted molar refractivity (Wildman–Crippen MR) is 101 cm³/mol. The largest absolute Gasteiger partial charge is 0.492 e. The first kappa shape index (κ1) is 18.6. The minimum absolute atomic E-state index is 0.691. The zero-order valence-electron chi connectivity index (χ0n) is 15.8. The molecule has 0 aromatic heterocycles. The van der Waals surface area contributed by atoms with Crippen LogP contribution in [0, 0.1) is 0 Å². The number of ether oxygens (including phenoxy) is 2. The molecule has 25 heavy (non-hydrogen) atoms. The van der Waals surface area contributed by atoms with E-state index in [2.05, 4.69) is 53.1 Å². The number of hydrogen-bond acceptors (Lipinski definition) is 5. The molecular formula is C20H33N3O2. The van der Waals surface area contributed by atoms with Gasteiger partial charge in [-0.15, -0.1) is 0 Å². The van der Waals surface area contributed by atoms with E-state index in [1.165, 1.54) is 31.5 Å². The highest BCUT2D eigenvalue weighted by Gasteiger charge is 2.21. The Hall–Kier alpha value is -1.14. The van der Waals surface area contributed by atoms with Gasteiger partial charge in [-0.2, -0.15) is 0 Å². The van der Waals surface area contributed by atoms with E-state index in [4.69, 9.17) is 9.47 Å². The Kier molecular flexibility index (Phi) is 7.11. The summed E-state index contributed by atoms with van der Waals surface area (Å²) in [6.07, 6.45) is 2.62. The normalized spacial score (nSPS) is 23.1. The van der Waals surface area contributed by atoms with Crippen molar-refractivity contribution in [2.24, 2.45) is 0 Å². The first-order valence-corrected chi connectivity index (χ1v) is 9.61. The first-order chi connectivity index (χ1) is 12.2. The molecule has 1 unspecified atom stereocenters. The fourth-order valence-electron chi connectivity index (χ4n) is 3.66. The highest BCUT2D eigenvalue weighted by Crippen LogP contribution is 2.18. The third-order valence-corrected chi connectivity index (χ3v) is 5.32. The molecule has 2 aliphatic rings. The van der Waals surface area contributed by atoms with Crippen LogP contribution in [-0.4, -0.2) is 87.4 Å². The number of morpholine rings is 1. The van der Waals surface area contributed by atoms with Crippen LogP contribution in [0.25, 0.3) is 0 Å². The molecule has 0 aliphatic carbocycles. The molecule has 140 valence electrons. The smallest absolute Gasteiger partial charge is 0.119 e. The van der Waals surface area contributed by atoms with Crippen molar-refractivity contribution in [3.63, 3.8) is 0 Å². The van der Waals surface area contributed by atoms with E-state index in [0.717, 1.165) is 51.7 Å². The van der Waals surface area contributed by atoms with Gasteiger partial charge in [-0.25, -0.2) is 0 Å². The average molecular weight is 348 g/mol. The Bertz CT molecular complexity index is 500. The molecule has 1 aromatic carbocycles. The molecule has 0 amide bonds. The standard InChI is InChI=1S/C20H33N3O2/c1-21(2)19-4-3-9-23(17-19)16-18-5-7-20(8-6-18)25-15-12-22-10-13-24-14-11-22/h5-8,19H,3-4,9-17H2,1-2H3. The lowest BCUT2D eigenvalue weighted by molar-refractivity contribution is 0.0322. The maximum atomic E-state index is 5.90. The second-order valence-corrected chi connectivity index (χ2v) is 7.44. The van der Waals surface area contributed by atoms with E-state index in [0.29, 0.717) is 6.04 Å². The van der Waals surface area contributed by atoms with Gasteiger partial charge in [0.05, 0.1) is 13.2 Å². The van der Waals surface area contributed by atoms with Crippen molar-refractivity contribution in [3.05, 3.63) is 29.8 Å². The van der Waals surface area contributed by atoms with Crippen LogP contribution >= 0.6 is 0 Å². The number of hydrogen-bond donors (Lipinski definition) is 0. The van der Waals surface area contributed by atoms with Crippen molar-refractivity contribution in [2.75, 3.05) is 66.6 Å². The fourth-order valence-corrected chi connectivity index (χ4v) is 3.66. The topological polar surface area (TPSA) is 28.2 Å². The molecule has 0 bridgehead atoms. The molecular weight excluding hydrogens is 314 g/mol. The van der Waals surface area contributed by atoms with E-state index in [-0.39, 0.29) is 0 Å². The molecule has 1 aromatic rings. The lowest BCUT2D eigenvalue weighted by Gasteiger charge is -2.36. The lowest BCUT2D eigenvalue weighted by Crippen LogP contribution is -2.44. The highest BCUT2D eigenvalue weighted by molar-refractivity contribution is 5.27. The monoisotopic (exact) mass is 347 g/mol. The summed E-state index contributed by atoms with van der Waals surface area (Å²) in [7, 11) is 4.38. The summed E-state index contributed by atoms with van der Waals surface area (Å²) in [5, 5.41) is 0. The van der Waals surface area contributed by atoms with Gasteiger partial charge < -0.3 is 14.4 Å². The zero-order valence-corrected chi connectivity index (χ0v) is 15.8. The molecule has 0 spiro atoms. The van der Waals surface area contributed by atoms with Crippen LogP contribution in [0.4, 0.5) is 0 Å². The van der Waals surface area contributed by atoms with Gasteiger partial charge in [-0.3, -0.25) is 9.80 Å². The fraction of sp³-hybridized carbons (Fsp3) is 0.700. The van der Waals surface area contributed by atoms with E-state index in [9.17, 15) is 0 Å². The maximum absolute atomic E-state index is 5.90. The summed E-state index contributed by atoms with van der Waals surface area (Å²) in [6, 6.07) is 9.34. The molecule has 2 aliphatic heterocycles. The lowest BCUT2D eigenvalue weighted by atomic mass is 10.0. The Balaban J connectivity index is 1.40. The van der Waals surface area contributed by atoms with Gasteiger partial charge in [-0.1, -0.05) is 12.1 Å². The van der Waals surface area contributed by atoms with E-state index >= 15 is 0 Å². The minimum Gasteiger partial charge on any atom is -0.492 e. The van der Waals surface area contributed by atoms with Crippen molar-refractivity contribution >= 4 is 0 Å². The van der Waals surface area contributed by atoms with Crippen LogP contribution in [0.15, 0.2) is 24.3 Å². The van der Waals surface area contributed by atoms with Crippen molar-refractivity contribution in [2.45, 2.75) is 25.4 Å². The zero-order chi connectivity index (χ0) is 17.5. The predicted octanol–water partition coefficient (Wildman–Crippen LogP) is 1.92. The molecule has 1 atom stereocenters. The quantitative estimate of drug-likeness (QED) is 0.751. The number of piperidine rings is 1. The van der Waals surface area contributed by atoms with Gasteiger partial charge in [0.15, 0.2) is 0 Å². The first-order valence-electron chi connectivity index (χ1n) is 9.61. The average Bonchev–Trinajstić information content (AvgIpc) is 2.64. The van der Waals surface area contributed by atoms with Crippen LogP contribution in [-0.2, 0) is 11.3 Å². The van der Waals surface area contributed by atoms with Crippen LogP contribution in [0.5, 0.6) is 5.75 Å². The third kappa shape index (κ3) is 5.96. The van der Waals surface area contributed by atoms with Gasteiger partial charge in [0, 0.05) is 38.8 Å². The van der Waals surface area contributed by atoms with Gasteiger partial charge in [-0.05, 0) is 51.2 Å². The van der Waals surface area contributed by atoms with E-state index < -0.39 is 0 Å². The molecule has 2 heterocycles. The third-order valence-electron chi connectivity index (χ3n) is 5.32. The number of likely N-dealkylation sites (N-methyl/N-ethyl adjacent to an activating group) is 1. The van der Waals surface area contributed by atoms with Crippen LogP contribution in [0.2, 0.25) is 0 Å². The van der Waals surface area contributed by atoms with E-state index in [1.807, 2.05) is 0 Å². The van der Waals surface area contributed by atoms with Gasteiger partial charge in [0.25, 0.3) is 0 Å². The Morgan fingerprint density at radius 1 is 1.08 bits per heavy atom. The second kappa shape index (κ2) is 9.53. The summed E-state index contributed by atoms with van der Waals surface area (Å²) < 4.78 is 11.3. The van der Waals surface area contributed by atoms with Crippen LogP contribution in [0.1, 0.15) is 18.4 Å². The Labute approximate surface area is 152 Å². The summed E-state index contributed by atoms with van der Waals surface area (Å²) in [5.74, 6) is 0.974. The van der Waals surface area contributed by atoms with Crippen molar-refractivity contribution in [3.8, 4) is 5.75 Å². The second-order valence-electron chi connectivity index (χ2n) is 7.44. The summed E-state index contributed by atoms with van der Waals surface area (Å²) >= 11 is 0. The molecule has 3 rings (SSSR count). The SMILES string of the molecule is CN(C)C1CCCN(Cc2ccc(OCCN3CCOCC3)cc2)C1. The summed E-state index contributed by atoms with van der Waals surface area (Å²) in [4.78, 5) is 7.33. The number of likely N-dealkylation sites (tertiary alicyclic amines) is 1. The van der Waals surface area contributed by atoms with Crippen molar-refractivity contribution in [1.29, 1.82) is 0 Å². The van der Waals surface area contributed by atoms with Crippen LogP contribution < -0.4 is 4.74 Å². The Morgan fingerprint density at radius 2 is 1.84 bits per heavy atom.